The van der Waals surface area contributed by atoms with E-state index in [1.54, 1.807) is 24.3 Å². The van der Waals surface area contributed by atoms with Crippen molar-refractivity contribution in [3.05, 3.63) is 28.7 Å². The highest BCUT2D eigenvalue weighted by Crippen LogP contribution is 2.23. The summed E-state index contributed by atoms with van der Waals surface area (Å²) in [7, 11) is -3.38. The maximum Gasteiger partial charge on any atom is 0.182 e. The minimum atomic E-state index is -3.38. The molecular weight excluding hydrogens is 306 g/mol. The lowest BCUT2D eigenvalue weighted by molar-refractivity contribution is 0.0846. The highest BCUT2D eigenvalue weighted by Gasteiger charge is 2.22. The molecule has 0 saturated carbocycles. The third-order valence-corrected chi connectivity index (χ3v) is 5.03. The Kier molecular flexibility index (Phi) is 5.58. The van der Waals surface area contributed by atoms with Gasteiger partial charge in [-0.1, -0.05) is 12.1 Å². The average molecular weight is 322 g/mol. The van der Waals surface area contributed by atoms with E-state index in [0.29, 0.717) is 11.1 Å². The SMILES string of the molecule is CCOC(CN)CS(=O)(=O)c1ccccc1Br. The number of hydrogen-bond acceptors (Lipinski definition) is 4. The van der Waals surface area contributed by atoms with Crippen LogP contribution in [0.4, 0.5) is 0 Å². The van der Waals surface area contributed by atoms with Crippen molar-refractivity contribution in [1.29, 1.82) is 0 Å². The Labute approximate surface area is 110 Å². The van der Waals surface area contributed by atoms with Crippen LogP contribution in [-0.4, -0.2) is 33.4 Å². The summed E-state index contributed by atoms with van der Waals surface area (Å²) in [5.41, 5.74) is 5.48. The van der Waals surface area contributed by atoms with Gasteiger partial charge in [0.15, 0.2) is 9.84 Å². The van der Waals surface area contributed by atoms with Crippen molar-refractivity contribution in [2.45, 2.75) is 17.9 Å². The van der Waals surface area contributed by atoms with Gasteiger partial charge >= 0.3 is 0 Å². The normalized spacial score (nSPS) is 13.6. The van der Waals surface area contributed by atoms with Crippen molar-refractivity contribution in [2.75, 3.05) is 18.9 Å². The monoisotopic (exact) mass is 321 g/mol. The first-order chi connectivity index (χ1) is 8.01. The fourth-order valence-electron chi connectivity index (χ4n) is 1.45. The fourth-order valence-corrected chi connectivity index (χ4v) is 4.03. The van der Waals surface area contributed by atoms with E-state index in [1.165, 1.54) is 0 Å². The Balaban J connectivity index is 2.92. The van der Waals surface area contributed by atoms with Crippen molar-refractivity contribution in [3.8, 4) is 0 Å². The Morgan fingerprint density at radius 2 is 2.06 bits per heavy atom. The van der Waals surface area contributed by atoms with Crippen LogP contribution in [0.15, 0.2) is 33.6 Å². The number of rotatable bonds is 6. The van der Waals surface area contributed by atoms with Gasteiger partial charge in [-0.15, -0.1) is 0 Å². The summed E-state index contributed by atoms with van der Waals surface area (Å²) < 4.78 is 30.1. The van der Waals surface area contributed by atoms with E-state index in [0.717, 1.165) is 0 Å². The summed E-state index contributed by atoms with van der Waals surface area (Å²) in [6.45, 7) is 2.46. The second kappa shape index (κ2) is 6.49. The fraction of sp³-hybridized carbons (Fsp3) is 0.455. The molecule has 1 rings (SSSR count). The molecule has 0 bridgehead atoms. The molecule has 1 unspecified atom stereocenters. The largest absolute Gasteiger partial charge is 0.376 e. The predicted molar refractivity (Wildman–Crippen MR) is 70.7 cm³/mol. The van der Waals surface area contributed by atoms with E-state index in [4.69, 9.17) is 10.5 Å². The van der Waals surface area contributed by atoms with Gasteiger partial charge in [0.1, 0.15) is 0 Å². The molecule has 0 fully saturated rings. The Bertz CT molecular complexity index is 462. The second-order valence-corrected chi connectivity index (χ2v) is 6.38. The van der Waals surface area contributed by atoms with Crippen LogP contribution >= 0.6 is 15.9 Å². The lowest BCUT2D eigenvalue weighted by Gasteiger charge is -2.15. The van der Waals surface area contributed by atoms with Crippen LogP contribution in [0.2, 0.25) is 0 Å². The molecular formula is C11H16BrNO3S. The minimum Gasteiger partial charge on any atom is -0.376 e. The third kappa shape index (κ3) is 4.06. The first-order valence-electron chi connectivity index (χ1n) is 5.30. The number of ether oxygens (including phenoxy) is 1. The number of sulfone groups is 1. The summed E-state index contributed by atoms with van der Waals surface area (Å²) in [4.78, 5) is 0.276. The molecule has 0 radical (unpaired) electrons. The summed E-state index contributed by atoms with van der Waals surface area (Å²) in [6.07, 6.45) is -0.461. The van der Waals surface area contributed by atoms with E-state index in [1.807, 2.05) is 6.92 Å². The zero-order valence-electron chi connectivity index (χ0n) is 9.60. The second-order valence-electron chi connectivity index (χ2n) is 3.52. The van der Waals surface area contributed by atoms with Gasteiger partial charge in [-0.05, 0) is 35.0 Å². The molecule has 0 aromatic heterocycles. The van der Waals surface area contributed by atoms with Crippen molar-refractivity contribution in [2.24, 2.45) is 5.73 Å². The molecule has 4 nitrogen and oxygen atoms in total. The van der Waals surface area contributed by atoms with Gasteiger partial charge in [-0.3, -0.25) is 0 Å². The molecule has 0 amide bonds. The number of halogens is 1. The number of benzene rings is 1. The van der Waals surface area contributed by atoms with Crippen LogP contribution < -0.4 is 5.73 Å². The van der Waals surface area contributed by atoms with Crippen molar-refractivity contribution in [1.82, 2.24) is 0 Å². The van der Waals surface area contributed by atoms with E-state index in [-0.39, 0.29) is 17.2 Å². The molecule has 6 heteroatoms. The molecule has 0 aliphatic rings. The Morgan fingerprint density at radius 1 is 1.41 bits per heavy atom. The van der Waals surface area contributed by atoms with Crippen LogP contribution in [0.25, 0.3) is 0 Å². The molecule has 1 atom stereocenters. The summed E-state index contributed by atoms with van der Waals surface area (Å²) in [5.74, 6) is -0.0973. The van der Waals surface area contributed by atoms with Crippen LogP contribution in [-0.2, 0) is 14.6 Å². The molecule has 0 heterocycles. The van der Waals surface area contributed by atoms with E-state index in [9.17, 15) is 8.42 Å². The molecule has 1 aromatic carbocycles. The average Bonchev–Trinajstić information content (AvgIpc) is 2.28. The van der Waals surface area contributed by atoms with Gasteiger partial charge in [0.05, 0.1) is 16.8 Å². The van der Waals surface area contributed by atoms with E-state index >= 15 is 0 Å². The van der Waals surface area contributed by atoms with Crippen molar-refractivity contribution >= 4 is 25.8 Å². The highest BCUT2D eigenvalue weighted by molar-refractivity contribution is 9.10. The maximum atomic E-state index is 12.1. The first kappa shape index (κ1) is 14.6. The van der Waals surface area contributed by atoms with Crippen LogP contribution in [0.1, 0.15) is 6.92 Å². The van der Waals surface area contributed by atoms with Gasteiger partial charge in [-0.2, -0.15) is 0 Å². The topological polar surface area (TPSA) is 69.4 Å². The quantitative estimate of drug-likeness (QED) is 0.863. The van der Waals surface area contributed by atoms with Gasteiger partial charge in [0.25, 0.3) is 0 Å². The van der Waals surface area contributed by atoms with Gasteiger partial charge in [0, 0.05) is 17.6 Å². The minimum absolute atomic E-state index is 0.0973. The Morgan fingerprint density at radius 3 is 2.59 bits per heavy atom. The zero-order valence-corrected chi connectivity index (χ0v) is 12.0. The standard InChI is InChI=1S/C11H16BrNO3S/c1-2-16-9(7-13)8-17(14,15)11-6-4-3-5-10(11)12/h3-6,9H,2,7-8,13H2,1H3. The van der Waals surface area contributed by atoms with E-state index in [2.05, 4.69) is 15.9 Å². The highest BCUT2D eigenvalue weighted by atomic mass is 79.9. The summed E-state index contributed by atoms with van der Waals surface area (Å²) in [5, 5.41) is 0. The molecule has 0 aliphatic carbocycles. The van der Waals surface area contributed by atoms with Crippen molar-refractivity contribution < 1.29 is 13.2 Å². The van der Waals surface area contributed by atoms with Crippen molar-refractivity contribution in [3.63, 3.8) is 0 Å². The molecule has 2 N–H and O–H groups in total. The summed E-state index contributed by atoms with van der Waals surface area (Å²) >= 11 is 3.23. The third-order valence-electron chi connectivity index (χ3n) is 2.24. The molecule has 0 saturated heterocycles. The van der Waals surface area contributed by atoms with E-state index < -0.39 is 15.9 Å². The van der Waals surface area contributed by atoms with Gasteiger partial charge in [-0.25, -0.2) is 8.42 Å². The molecule has 0 spiro atoms. The lowest BCUT2D eigenvalue weighted by atomic mass is 10.4. The molecule has 1 aromatic rings. The van der Waals surface area contributed by atoms with Crippen LogP contribution in [0, 0.1) is 0 Å². The predicted octanol–water partition coefficient (Wildman–Crippen LogP) is 1.59. The van der Waals surface area contributed by atoms with Crippen LogP contribution in [0.5, 0.6) is 0 Å². The Hall–Kier alpha value is -0.430. The zero-order chi connectivity index (χ0) is 12.9. The number of nitrogens with two attached hydrogens (primary N) is 1. The summed E-state index contributed by atoms with van der Waals surface area (Å²) in [6, 6.07) is 6.73. The molecule has 0 aliphatic heterocycles. The molecule has 17 heavy (non-hydrogen) atoms. The maximum absolute atomic E-state index is 12.1. The van der Waals surface area contributed by atoms with Crippen LogP contribution in [0.3, 0.4) is 0 Å². The molecule has 96 valence electrons. The lowest BCUT2D eigenvalue weighted by Crippen LogP contribution is -2.31. The van der Waals surface area contributed by atoms with Gasteiger partial charge < -0.3 is 10.5 Å². The number of hydrogen-bond donors (Lipinski definition) is 1. The first-order valence-corrected chi connectivity index (χ1v) is 7.74. The van der Waals surface area contributed by atoms with Gasteiger partial charge in [0.2, 0.25) is 0 Å². The smallest absolute Gasteiger partial charge is 0.182 e.